The summed E-state index contributed by atoms with van der Waals surface area (Å²) in [5, 5.41) is 12.4. The van der Waals surface area contributed by atoms with E-state index in [0.29, 0.717) is 0 Å². The lowest BCUT2D eigenvalue weighted by Crippen LogP contribution is -2.47. The maximum Gasteiger partial charge on any atom is 0.133 e. The van der Waals surface area contributed by atoms with Gasteiger partial charge in [-0.3, -0.25) is 0 Å². The summed E-state index contributed by atoms with van der Waals surface area (Å²) in [6.07, 6.45) is 3.29. The van der Waals surface area contributed by atoms with Gasteiger partial charge >= 0.3 is 0 Å². The van der Waals surface area contributed by atoms with E-state index in [1.54, 1.807) is 0 Å². The van der Waals surface area contributed by atoms with Crippen molar-refractivity contribution in [2.75, 3.05) is 13.1 Å². The zero-order chi connectivity index (χ0) is 10.0. The summed E-state index contributed by atoms with van der Waals surface area (Å²) < 4.78 is -0.149. The first-order chi connectivity index (χ1) is 6.71. The lowest BCUT2D eigenvalue weighted by molar-refractivity contribution is 0.307. The normalized spacial score (nSPS) is 19.3. The van der Waals surface area contributed by atoms with E-state index in [2.05, 4.69) is 6.92 Å². The molecule has 1 heterocycles. The van der Waals surface area contributed by atoms with Crippen LogP contribution in [0.2, 0.25) is 0 Å². The van der Waals surface area contributed by atoms with Crippen LogP contribution in [0, 0.1) is 12.1 Å². The number of quaternary nitrogens is 1. The molecule has 0 aliphatic carbocycles. The third-order valence-corrected chi connectivity index (χ3v) is 2.92. The first-order valence-corrected chi connectivity index (χ1v) is 5.21. The first-order valence-electron chi connectivity index (χ1n) is 5.21. The summed E-state index contributed by atoms with van der Waals surface area (Å²) in [4.78, 5) is 0. The largest absolute Gasteiger partial charge is 0.627 e. The number of hydrogen-bond donors (Lipinski definition) is 0. The Morgan fingerprint density at radius 2 is 1.80 bits per heavy atom. The van der Waals surface area contributed by atoms with Crippen LogP contribution in [-0.2, 0) is 0 Å². The van der Waals surface area contributed by atoms with Crippen molar-refractivity contribution in [3.63, 3.8) is 0 Å². The molecule has 1 saturated heterocycles. The number of nitrogens with zero attached hydrogens (tertiary/aromatic N) is 1. The summed E-state index contributed by atoms with van der Waals surface area (Å²) in [5.74, 6) is 0. The molecule has 0 spiro atoms. The van der Waals surface area contributed by atoms with Crippen LogP contribution >= 0.6 is 12.4 Å². The van der Waals surface area contributed by atoms with Crippen LogP contribution in [0.25, 0.3) is 0 Å². The lowest BCUT2D eigenvalue weighted by Gasteiger charge is -2.44. The van der Waals surface area contributed by atoms with Crippen LogP contribution in [0.15, 0.2) is 24.3 Å². The molecule has 0 amide bonds. The van der Waals surface area contributed by atoms with E-state index >= 15 is 0 Å². The van der Waals surface area contributed by atoms with Crippen molar-refractivity contribution < 1.29 is 0 Å². The van der Waals surface area contributed by atoms with Crippen LogP contribution < -0.4 is 4.65 Å². The molecule has 1 radical (unpaired) electrons. The van der Waals surface area contributed by atoms with Gasteiger partial charge in [-0.25, -0.2) is 0 Å². The second-order valence-electron chi connectivity index (χ2n) is 4.07. The highest BCUT2D eigenvalue weighted by Crippen LogP contribution is 2.27. The Balaban J connectivity index is 0.00000112. The Kier molecular flexibility index (Phi) is 4.14. The molecule has 83 valence electrons. The van der Waals surface area contributed by atoms with Gasteiger partial charge in [0.05, 0.1) is 13.1 Å². The number of piperidine rings is 1. The minimum absolute atomic E-state index is 0. The van der Waals surface area contributed by atoms with Gasteiger partial charge < -0.3 is 9.85 Å². The highest BCUT2D eigenvalue weighted by Gasteiger charge is 2.23. The molecule has 1 aromatic carbocycles. The number of benzene rings is 1. The highest BCUT2D eigenvalue weighted by atomic mass is 35.5. The Bertz CT molecular complexity index is 321. The average Bonchev–Trinajstić information content (AvgIpc) is 2.19. The van der Waals surface area contributed by atoms with Crippen LogP contribution in [0.5, 0.6) is 0 Å². The molecule has 3 heteroatoms. The summed E-state index contributed by atoms with van der Waals surface area (Å²) in [6, 6.07) is 7.69. The molecule has 0 unspecified atom stereocenters. The van der Waals surface area contributed by atoms with E-state index in [4.69, 9.17) is 0 Å². The maximum absolute atomic E-state index is 12.4. The molecule has 1 fully saturated rings. The van der Waals surface area contributed by atoms with Crippen LogP contribution in [-0.4, -0.2) is 13.1 Å². The first kappa shape index (κ1) is 12.5. The van der Waals surface area contributed by atoms with Crippen molar-refractivity contribution in [1.82, 2.24) is 4.65 Å². The van der Waals surface area contributed by atoms with Crippen LogP contribution in [0.4, 0.5) is 5.69 Å². The van der Waals surface area contributed by atoms with E-state index in [0.717, 1.165) is 37.2 Å². The minimum atomic E-state index is -0.149. The highest BCUT2D eigenvalue weighted by molar-refractivity contribution is 5.85. The second-order valence-corrected chi connectivity index (χ2v) is 4.07. The summed E-state index contributed by atoms with van der Waals surface area (Å²) in [5.41, 5.74) is 1.80. The van der Waals surface area contributed by atoms with E-state index < -0.39 is 0 Å². The van der Waals surface area contributed by atoms with Gasteiger partial charge in [0.15, 0.2) is 0 Å². The van der Waals surface area contributed by atoms with Gasteiger partial charge in [0.1, 0.15) is 5.69 Å². The second kappa shape index (κ2) is 4.97. The summed E-state index contributed by atoms with van der Waals surface area (Å²) in [7, 11) is 0. The van der Waals surface area contributed by atoms with Gasteiger partial charge in [0.2, 0.25) is 0 Å². The van der Waals surface area contributed by atoms with Gasteiger partial charge in [0, 0.05) is 6.07 Å². The molecule has 2 rings (SSSR count). The van der Waals surface area contributed by atoms with E-state index in [1.165, 1.54) is 6.42 Å². The van der Waals surface area contributed by atoms with Gasteiger partial charge in [-0.2, -0.15) is 0 Å². The summed E-state index contributed by atoms with van der Waals surface area (Å²) >= 11 is 0. The molecule has 1 aliphatic rings. The third kappa shape index (κ3) is 2.71. The van der Waals surface area contributed by atoms with E-state index in [-0.39, 0.29) is 17.1 Å². The Morgan fingerprint density at radius 1 is 1.13 bits per heavy atom. The molecule has 2 nitrogen and oxygen atoms in total. The van der Waals surface area contributed by atoms with Crippen molar-refractivity contribution in [1.29, 1.82) is 0 Å². The molecule has 0 atom stereocenters. The molecular weight excluding hydrogens is 210 g/mol. The van der Waals surface area contributed by atoms with Gasteiger partial charge in [-0.1, -0.05) is 12.1 Å². The van der Waals surface area contributed by atoms with Gasteiger partial charge in [0.25, 0.3) is 0 Å². The minimum Gasteiger partial charge on any atom is -0.627 e. The quantitative estimate of drug-likeness (QED) is 0.533. The maximum atomic E-state index is 12.4. The third-order valence-electron chi connectivity index (χ3n) is 2.92. The van der Waals surface area contributed by atoms with Crippen LogP contribution in [0.1, 0.15) is 24.8 Å². The topological polar surface area (TPSA) is 23.1 Å². The van der Waals surface area contributed by atoms with E-state index in [1.807, 2.05) is 24.3 Å². The molecule has 15 heavy (non-hydrogen) atoms. The molecule has 0 N–H and O–H groups in total. The van der Waals surface area contributed by atoms with Crippen molar-refractivity contribution >= 4 is 18.1 Å². The van der Waals surface area contributed by atoms with Crippen LogP contribution in [0.3, 0.4) is 0 Å². The SMILES string of the molecule is Cl.[CH2]c1cccc([N+]2([O-])CCCCC2)c1. The van der Waals surface area contributed by atoms with Crippen molar-refractivity contribution in [3.8, 4) is 0 Å². The summed E-state index contributed by atoms with van der Waals surface area (Å²) in [6.45, 7) is 5.31. The van der Waals surface area contributed by atoms with Crippen molar-refractivity contribution in [2.24, 2.45) is 0 Å². The number of hydrogen-bond acceptors (Lipinski definition) is 1. The smallest absolute Gasteiger partial charge is 0.133 e. The monoisotopic (exact) mass is 226 g/mol. The molecule has 1 aliphatic heterocycles. The van der Waals surface area contributed by atoms with Gasteiger partial charge in [-0.05, 0) is 37.8 Å². The fourth-order valence-electron chi connectivity index (χ4n) is 2.09. The Morgan fingerprint density at radius 3 is 2.40 bits per heavy atom. The predicted molar refractivity (Wildman–Crippen MR) is 66.9 cm³/mol. The molecular formula is C12H17ClNO. The number of hydroxylamine groups is 2. The zero-order valence-electron chi connectivity index (χ0n) is 8.82. The Labute approximate surface area is 97.5 Å². The van der Waals surface area contributed by atoms with Gasteiger partial charge in [-0.15, -0.1) is 12.4 Å². The number of halogens is 1. The predicted octanol–water partition coefficient (Wildman–Crippen LogP) is 3.28. The fraction of sp³-hybridized carbons (Fsp3) is 0.417. The Hall–Kier alpha value is -0.570. The zero-order valence-corrected chi connectivity index (χ0v) is 9.63. The fourth-order valence-corrected chi connectivity index (χ4v) is 2.09. The lowest BCUT2D eigenvalue weighted by atomic mass is 10.1. The van der Waals surface area contributed by atoms with Crippen molar-refractivity contribution in [2.45, 2.75) is 19.3 Å². The molecule has 1 aromatic rings. The number of rotatable bonds is 1. The molecule has 0 saturated carbocycles. The van der Waals surface area contributed by atoms with E-state index in [9.17, 15) is 5.21 Å². The molecule has 0 bridgehead atoms. The van der Waals surface area contributed by atoms with Crippen molar-refractivity contribution in [3.05, 3.63) is 42.0 Å². The average molecular weight is 227 g/mol. The molecule has 0 aromatic heterocycles. The standard InChI is InChI=1S/C12H16NO.ClH/c1-11-6-5-7-12(10-11)13(14)8-3-2-4-9-13;/h5-7,10H,1-4,8-9H2;1H.